The summed E-state index contributed by atoms with van der Waals surface area (Å²) in [6.07, 6.45) is 11.1. The number of carbonyl (C=O) groups is 1. The van der Waals surface area contributed by atoms with Crippen molar-refractivity contribution >= 4 is 32.7 Å². The predicted molar refractivity (Wildman–Crippen MR) is 142 cm³/mol. The van der Waals surface area contributed by atoms with Gasteiger partial charge in [-0.2, -0.15) is 0 Å². The third-order valence-electron chi connectivity index (χ3n) is 7.17. The zero-order valence-electron chi connectivity index (χ0n) is 22.7. The van der Waals surface area contributed by atoms with Gasteiger partial charge in [-0.25, -0.2) is 0 Å². The van der Waals surface area contributed by atoms with Gasteiger partial charge in [0.05, 0.1) is 0 Å². The molecule has 0 heterocycles. The molecule has 0 rings (SSSR count). The molecule has 0 aromatic carbocycles. The van der Waals surface area contributed by atoms with Gasteiger partial charge in [0.15, 0.2) is 0 Å². The van der Waals surface area contributed by atoms with Crippen molar-refractivity contribution in [1.29, 1.82) is 0 Å². The molecule has 0 aliphatic carbocycles. The van der Waals surface area contributed by atoms with Crippen LogP contribution in [0.2, 0.25) is 31.4 Å². The van der Waals surface area contributed by atoms with E-state index in [1.54, 1.807) is 3.59 Å². The molecule has 0 N–H and O–H groups in total. The molecule has 3 nitrogen and oxygen atoms in total. The minimum atomic E-state index is -2.58. The Morgan fingerprint density at radius 1 is 0.968 bits per heavy atom. The van der Waals surface area contributed by atoms with E-state index in [0.29, 0.717) is 0 Å². The second-order valence-corrected chi connectivity index (χ2v) is 29.3. The van der Waals surface area contributed by atoms with Crippen molar-refractivity contribution in [2.75, 3.05) is 6.61 Å². The Labute approximate surface area is 200 Å². The van der Waals surface area contributed by atoms with Crippen LogP contribution in [0, 0.1) is 0 Å². The average molecular weight is 562 g/mol. The van der Waals surface area contributed by atoms with Gasteiger partial charge in [0.1, 0.15) is 0 Å². The number of hydrogen-bond acceptors (Lipinski definition) is 3. The van der Waals surface area contributed by atoms with Crippen LogP contribution >= 0.6 is 0 Å². The second-order valence-electron chi connectivity index (χ2n) is 11.0. The van der Waals surface area contributed by atoms with E-state index in [2.05, 4.69) is 60.7 Å². The summed E-state index contributed by atoms with van der Waals surface area (Å²) >= 11 is -2.58. The maximum atomic E-state index is 11.4. The van der Waals surface area contributed by atoms with Gasteiger partial charge in [-0.3, -0.25) is 0 Å². The molecule has 0 fully saturated rings. The maximum absolute atomic E-state index is 11.4. The number of esters is 1. The molecule has 184 valence electrons. The molecule has 0 aliphatic heterocycles. The van der Waals surface area contributed by atoms with Crippen molar-refractivity contribution in [3.05, 3.63) is 9.67 Å². The fourth-order valence-corrected chi connectivity index (χ4v) is 21.7. The van der Waals surface area contributed by atoms with Crippen LogP contribution in [0.5, 0.6) is 0 Å². The average Bonchev–Trinajstić information content (AvgIpc) is 2.66. The second kappa shape index (κ2) is 15.2. The first-order chi connectivity index (χ1) is 14.3. The molecule has 0 saturated heterocycles. The topological polar surface area (TPSA) is 35.5 Å². The van der Waals surface area contributed by atoms with Crippen LogP contribution in [0.15, 0.2) is 9.67 Å². The van der Waals surface area contributed by atoms with Gasteiger partial charge in [0, 0.05) is 0 Å². The third-order valence-corrected chi connectivity index (χ3v) is 27.7. The molecular formula is C26H54O3SiSn. The molecule has 31 heavy (non-hydrogen) atoms. The van der Waals surface area contributed by atoms with Crippen molar-refractivity contribution in [3.63, 3.8) is 0 Å². The van der Waals surface area contributed by atoms with E-state index < -0.39 is 26.7 Å². The monoisotopic (exact) mass is 562 g/mol. The van der Waals surface area contributed by atoms with Crippen LogP contribution in [0.4, 0.5) is 0 Å². The normalized spacial score (nSPS) is 14.6. The summed E-state index contributed by atoms with van der Waals surface area (Å²) in [4.78, 5) is 11.4. The van der Waals surface area contributed by atoms with E-state index >= 15 is 0 Å². The standard InChI is InChI=1S/C14H27O3Si.3C4H9.Sn/c1-12(17-13(2)15)10-8-9-11-16-18(6,7)14(3,4)5;3*1-3-4-2;/h8,12H,10-11H2,1-7H3;3*1,3-4H2,2H3;. The summed E-state index contributed by atoms with van der Waals surface area (Å²) in [7, 11) is -1.82. The molecule has 1 atom stereocenters. The summed E-state index contributed by atoms with van der Waals surface area (Å²) in [6.45, 7) is 23.0. The first-order valence-corrected chi connectivity index (χ1v) is 23.2. The molecule has 0 amide bonds. The van der Waals surface area contributed by atoms with E-state index in [0.717, 1.165) is 13.0 Å². The number of unbranched alkanes of at least 4 members (excludes halogenated alkanes) is 3. The summed E-state index contributed by atoms with van der Waals surface area (Å²) < 4.78 is 18.3. The zero-order valence-corrected chi connectivity index (χ0v) is 26.5. The molecule has 1 unspecified atom stereocenters. The van der Waals surface area contributed by atoms with Gasteiger partial charge in [-0.05, 0) is 0 Å². The quantitative estimate of drug-likeness (QED) is 0.140. The van der Waals surface area contributed by atoms with Crippen molar-refractivity contribution in [2.45, 2.75) is 138 Å². The zero-order chi connectivity index (χ0) is 24.1. The van der Waals surface area contributed by atoms with Crippen LogP contribution in [0.3, 0.4) is 0 Å². The molecule has 5 heteroatoms. The van der Waals surface area contributed by atoms with Gasteiger partial charge >= 0.3 is 201 Å². The third kappa shape index (κ3) is 11.7. The SMILES string of the molecule is CCC[CH2][Sn]([CH2]CCC)([CH2]CCC)/[C](=C/CC(C)OC(C)=O)CO[Si](C)(C)C(C)(C)C. The summed E-state index contributed by atoms with van der Waals surface area (Å²) in [5, 5.41) is 0.220. The molecule has 0 aromatic rings. The van der Waals surface area contributed by atoms with Crippen LogP contribution in [0.1, 0.15) is 100 Å². The fourth-order valence-electron chi connectivity index (χ4n) is 3.95. The molecule has 0 spiro atoms. The molecule has 0 saturated carbocycles. The van der Waals surface area contributed by atoms with E-state index in [9.17, 15) is 4.79 Å². The van der Waals surface area contributed by atoms with Crippen molar-refractivity contribution in [3.8, 4) is 0 Å². The van der Waals surface area contributed by atoms with Gasteiger partial charge < -0.3 is 0 Å². The van der Waals surface area contributed by atoms with Crippen molar-refractivity contribution in [2.24, 2.45) is 0 Å². The Morgan fingerprint density at radius 3 is 1.77 bits per heavy atom. The first-order valence-electron chi connectivity index (χ1n) is 12.9. The number of ether oxygens (including phenoxy) is 1. The number of hydrogen-bond donors (Lipinski definition) is 0. The molecule has 0 radical (unpaired) electrons. The Hall–Kier alpha value is 0.186. The van der Waals surface area contributed by atoms with Crippen molar-refractivity contribution in [1.82, 2.24) is 0 Å². The molecule has 0 bridgehead atoms. The van der Waals surface area contributed by atoms with Gasteiger partial charge in [0.2, 0.25) is 0 Å². The Bertz CT molecular complexity index is 515. The molecular weight excluding hydrogens is 507 g/mol. The van der Waals surface area contributed by atoms with Crippen LogP contribution in [-0.2, 0) is 14.0 Å². The Balaban J connectivity index is 6.05. The minimum absolute atomic E-state index is 0.0621. The number of carbonyl (C=O) groups excluding carboxylic acids is 1. The predicted octanol–water partition coefficient (Wildman–Crippen LogP) is 8.66. The van der Waals surface area contributed by atoms with Crippen LogP contribution in [0.25, 0.3) is 0 Å². The van der Waals surface area contributed by atoms with Crippen LogP contribution < -0.4 is 0 Å². The Morgan fingerprint density at radius 2 is 1.42 bits per heavy atom. The van der Waals surface area contributed by atoms with Crippen molar-refractivity contribution < 1.29 is 14.0 Å². The van der Waals surface area contributed by atoms with E-state index in [-0.39, 0.29) is 17.1 Å². The summed E-state index contributed by atoms with van der Waals surface area (Å²) in [6, 6.07) is 0. The van der Waals surface area contributed by atoms with Gasteiger partial charge in [-0.15, -0.1) is 0 Å². The van der Waals surface area contributed by atoms with Gasteiger partial charge in [0.25, 0.3) is 0 Å². The summed E-state index contributed by atoms with van der Waals surface area (Å²) in [5.74, 6) is -0.183. The van der Waals surface area contributed by atoms with E-state index in [4.69, 9.17) is 9.16 Å². The van der Waals surface area contributed by atoms with E-state index in [1.165, 1.54) is 58.8 Å². The summed E-state index contributed by atoms with van der Waals surface area (Å²) in [5.41, 5.74) is 0. The number of rotatable bonds is 16. The molecule has 0 aromatic heterocycles. The Kier molecular flexibility index (Phi) is 15.2. The fraction of sp³-hybridized carbons (Fsp3) is 0.885. The van der Waals surface area contributed by atoms with E-state index in [1.807, 2.05) is 6.92 Å². The molecule has 0 aliphatic rings. The van der Waals surface area contributed by atoms with Gasteiger partial charge in [-0.1, -0.05) is 0 Å². The first kappa shape index (κ1) is 31.2. The van der Waals surface area contributed by atoms with Crippen LogP contribution in [-0.4, -0.2) is 45.4 Å².